The van der Waals surface area contributed by atoms with Gasteiger partial charge >= 0.3 is 0 Å². The van der Waals surface area contributed by atoms with Gasteiger partial charge < -0.3 is 15.1 Å². The third-order valence-corrected chi connectivity index (χ3v) is 4.14. The van der Waals surface area contributed by atoms with E-state index in [-0.39, 0.29) is 24.9 Å². The molecule has 0 aliphatic rings. The number of likely N-dealkylation sites (N-methyl/N-ethyl adjacent to an activating group) is 1. The SMILES string of the molecule is CN(CC(=O)NCc1ccco1)CC(=O)Nc1ccc(-c2ccccc2)cc1. The van der Waals surface area contributed by atoms with Gasteiger partial charge in [0, 0.05) is 5.69 Å². The zero-order chi connectivity index (χ0) is 19.8. The van der Waals surface area contributed by atoms with Crippen molar-refractivity contribution in [1.82, 2.24) is 10.2 Å². The predicted molar refractivity (Wildman–Crippen MR) is 109 cm³/mol. The zero-order valence-corrected chi connectivity index (χ0v) is 15.7. The van der Waals surface area contributed by atoms with Crippen LogP contribution >= 0.6 is 0 Å². The monoisotopic (exact) mass is 377 g/mol. The predicted octanol–water partition coefficient (Wildman–Crippen LogP) is 3.13. The highest BCUT2D eigenvalue weighted by atomic mass is 16.3. The molecule has 28 heavy (non-hydrogen) atoms. The quantitative estimate of drug-likeness (QED) is 0.632. The summed E-state index contributed by atoms with van der Waals surface area (Å²) >= 11 is 0. The smallest absolute Gasteiger partial charge is 0.238 e. The number of hydrogen-bond donors (Lipinski definition) is 2. The highest BCUT2D eigenvalue weighted by Crippen LogP contribution is 2.20. The largest absolute Gasteiger partial charge is 0.467 e. The lowest BCUT2D eigenvalue weighted by atomic mass is 10.1. The Hall–Kier alpha value is -3.38. The number of amides is 2. The van der Waals surface area contributed by atoms with E-state index in [0.29, 0.717) is 12.3 Å². The van der Waals surface area contributed by atoms with E-state index < -0.39 is 0 Å². The molecule has 144 valence electrons. The molecular weight excluding hydrogens is 354 g/mol. The van der Waals surface area contributed by atoms with Crippen LogP contribution in [0.2, 0.25) is 0 Å². The Balaban J connectivity index is 1.43. The second kappa shape index (κ2) is 9.53. The number of nitrogens with zero attached hydrogens (tertiary/aromatic N) is 1. The first-order chi connectivity index (χ1) is 13.6. The molecule has 3 rings (SSSR count). The van der Waals surface area contributed by atoms with Crippen molar-refractivity contribution in [2.75, 3.05) is 25.5 Å². The molecule has 0 saturated carbocycles. The normalized spacial score (nSPS) is 10.6. The molecule has 1 aromatic heterocycles. The Morgan fingerprint density at radius 1 is 0.857 bits per heavy atom. The fourth-order valence-corrected chi connectivity index (χ4v) is 2.78. The molecule has 1 heterocycles. The van der Waals surface area contributed by atoms with Gasteiger partial charge in [0.05, 0.1) is 25.9 Å². The molecule has 0 unspecified atom stereocenters. The first-order valence-corrected chi connectivity index (χ1v) is 9.03. The number of carbonyl (C=O) groups is 2. The van der Waals surface area contributed by atoms with Crippen molar-refractivity contribution < 1.29 is 14.0 Å². The summed E-state index contributed by atoms with van der Waals surface area (Å²) in [6, 6.07) is 21.3. The number of hydrogen-bond acceptors (Lipinski definition) is 4. The van der Waals surface area contributed by atoms with Crippen LogP contribution in [0.4, 0.5) is 5.69 Å². The third-order valence-electron chi connectivity index (χ3n) is 4.14. The summed E-state index contributed by atoms with van der Waals surface area (Å²) in [5.74, 6) is 0.348. The minimum absolute atomic E-state index is 0.120. The van der Waals surface area contributed by atoms with Crippen molar-refractivity contribution in [3.63, 3.8) is 0 Å². The van der Waals surface area contributed by atoms with Gasteiger partial charge in [0.2, 0.25) is 11.8 Å². The van der Waals surface area contributed by atoms with Crippen molar-refractivity contribution in [2.24, 2.45) is 0 Å². The lowest BCUT2D eigenvalue weighted by Crippen LogP contribution is -2.38. The number of rotatable bonds is 8. The Labute approximate surface area is 164 Å². The van der Waals surface area contributed by atoms with Gasteiger partial charge in [-0.15, -0.1) is 0 Å². The number of furan rings is 1. The van der Waals surface area contributed by atoms with Gasteiger partial charge in [-0.2, -0.15) is 0 Å². The van der Waals surface area contributed by atoms with E-state index >= 15 is 0 Å². The molecular formula is C22H23N3O3. The summed E-state index contributed by atoms with van der Waals surface area (Å²) in [6.45, 7) is 0.579. The van der Waals surface area contributed by atoms with Crippen LogP contribution in [0, 0.1) is 0 Å². The van der Waals surface area contributed by atoms with Crippen LogP contribution in [-0.2, 0) is 16.1 Å². The fourth-order valence-electron chi connectivity index (χ4n) is 2.78. The lowest BCUT2D eigenvalue weighted by molar-refractivity contribution is -0.123. The summed E-state index contributed by atoms with van der Waals surface area (Å²) in [4.78, 5) is 25.8. The van der Waals surface area contributed by atoms with Crippen LogP contribution < -0.4 is 10.6 Å². The molecule has 0 fully saturated rings. The van der Waals surface area contributed by atoms with Gasteiger partial charge in [-0.3, -0.25) is 14.5 Å². The van der Waals surface area contributed by atoms with Gasteiger partial charge in [0.1, 0.15) is 5.76 Å². The van der Waals surface area contributed by atoms with Crippen LogP contribution in [0.1, 0.15) is 5.76 Å². The van der Waals surface area contributed by atoms with Crippen LogP contribution in [0.3, 0.4) is 0 Å². The number of benzene rings is 2. The van der Waals surface area contributed by atoms with E-state index in [1.54, 1.807) is 30.3 Å². The number of anilines is 1. The molecule has 0 atom stereocenters. The molecule has 2 aromatic carbocycles. The standard InChI is InChI=1S/C22H23N3O3/c1-25(15-21(26)23-14-20-8-5-13-28-20)16-22(27)24-19-11-9-18(10-12-19)17-6-3-2-4-7-17/h2-13H,14-16H2,1H3,(H,23,26)(H,24,27). The molecule has 0 aliphatic heterocycles. The van der Waals surface area contributed by atoms with Crippen LogP contribution in [0.25, 0.3) is 11.1 Å². The third kappa shape index (κ3) is 5.82. The minimum atomic E-state index is -0.172. The van der Waals surface area contributed by atoms with Crippen molar-refractivity contribution >= 4 is 17.5 Å². The Morgan fingerprint density at radius 3 is 2.21 bits per heavy atom. The summed E-state index contributed by atoms with van der Waals surface area (Å²) in [5, 5.41) is 5.61. The lowest BCUT2D eigenvalue weighted by Gasteiger charge is -2.16. The highest BCUT2D eigenvalue weighted by molar-refractivity contribution is 5.92. The number of carbonyl (C=O) groups excluding carboxylic acids is 2. The Bertz CT molecular complexity index is 891. The molecule has 2 N–H and O–H groups in total. The molecule has 0 saturated heterocycles. The van der Waals surface area contributed by atoms with E-state index in [1.807, 2.05) is 54.6 Å². The van der Waals surface area contributed by atoms with Crippen molar-refractivity contribution in [1.29, 1.82) is 0 Å². The Morgan fingerprint density at radius 2 is 1.54 bits per heavy atom. The molecule has 0 spiro atoms. The topological polar surface area (TPSA) is 74.6 Å². The van der Waals surface area contributed by atoms with E-state index in [0.717, 1.165) is 16.8 Å². The summed E-state index contributed by atoms with van der Waals surface area (Å²) in [6.07, 6.45) is 1.56. The fraction of sp³-hybridized carbons (Fsp3) is 0.182. The van der Waals surface area contributed by atoms with E-state index in [4.69, 9.17) is 4.42 Å². The number of nitrogens with one attached hydrogen (secondary N) is 2. The van der Waals surface area contributed by atoms with Crippen molar-refractivity contribution in [3.05, 3.63) is 78.8 Å². The molecule has 0 radical (unpaired) electrons. The average molecular weight is 377 g/mol. The van der Waals surface area contributed by atoms with Crippen molar-refractivity contribution in [2.45, 2.75) is 6.54 Å². The van der Waals surface area contributed by atoms with E-state index in [1.165, 1.54) is 0 Å². The first kappa shape index (κ1) is 19.4. The van der Waals surface area contributed by atoms with Crippen LogP contribution in [0.15, 0.2) is 77.4 Å². The summed E-state index contributed by atoms with van der Waals surface area (Å²) in [5.41, 5.74) is 2.94. The van der Waals surface area contributed by atoms with Crippen molar-refractivity contribution in [3.8, 4) is 11.1 Å². The maximum absolute atomic E-state index is 12.2. The second-order valence-corrected chi connectivity index (χ2v) is 6.52. The minimum Gasteiger partial charge on any atom is -0.467 e. The van der Waals surface area contributed by atoms with Gasteiger partial charge in [-0.25, -0.2) is 0 Å². The van der Waals surface area contributed by atoms with Crippen LogP contribution in [0.5, 0.6) is 0 Å². The van der Waals surface area contributed by atoms with Gasteiger partial charge in [0.25, 0.3) is 0 Å². The average Bonchev–Trinajstić information content (AvgIpc) is 3.21. The second-order valence-electron chi connectivity index (χ2n) is 6.52. The molecule has 2 amide bonds. The molecule has 6 nitrogen and oxygen atoms in total. The van der Waals surface area contributed by atoms with Gasteiger partial charge in [-0.1, -0.05) is 42.5 Å². The zero-order valence-electron chi connectivity index (χ0n) is 15.7. The van der Waals surface area contributed by atoms with Gasteiger partial charge in [-0.05, 0) is 42.4 Å². The maximum atomic E-state index is 12.2. The van der Waals surface area contributed by atoms with E-state index in [9.17, 15) is 9.59 Å². The van der Waals surface area contributed by atoms with Gasteiger partial charge in [0.15, 0.2) is 0 Å². The Kier molecular flexibility index (Phi) is 6.59. The highest BCUT2D eigenvalue weighted by Gasteiger charge is 2.11. The van der Waals surface area contributed by atoms with E-state index in [2.05, 4.69) is 10.6 Å². The molecule has 6 heteroatoms. The molecule has 0 bridgehead atoms. The van der Waals surface area contributed by atoms with Crippen LogP contribution in [-0.4, -0.2) is 36.9 Å². The summed E-state index contributed by atoms with van der Waals surface area (Å²) in [7, 11) is 1.73. The summed E-state index contributed by atoms with van der Waals surface area (Å²) < 4.78 is 5.16. The first-order valence-electron chi connectivity index (χ1n) is 9.03. The maximum Gasteiger partial charge on any atom is 0.238 e. The molecule has 3 aromatic rings. The molecule has 0 aliphatic carbocycles.